The highest BCUT2D eigenvalue weighted by molar-refractivity contribution is 7.99. The van der Waals surface area contributed by atoms with Gasteiger partial charge < -0.3 is 9.32 Å². The summed E-state index contributed by atoms with van der Waals surface area (Å²) in [5, 5.41) is 3.62. The van der Waals surface area contributed by atoms with E-state index in [-0.39, 0.29) is 0 Å². The fraction of sp³-hybridized carbons (Fsp3) is 0.0476. The second kappa shape index (κ2) is 9.73. The molecular weight excluding hydrogens is 599 g/mol. The Morgan fingerprint density at radius 1 is 0.630 bits per heavy atom. The smallest absolute Gasteiger partial charge is 0.135 e. The Labute approximate surface area is 275 Å². The maximum absolute atomic E-state index is 5.96. The van der Waals surface area contributed by atoms with Crippen molar-refractivity contribution in [2.45, 2.75) is 22.1 Å². The van der Waals surface area contributed by atoms with Crippen LogP contribution in [0.4, 0.5) is 16.4 Å². The molecule has 0 atom stereocenters. The standard InChI is InChI=1S/C42H27NOS2/c1-26-29-11-3-7-18-37(29)46-41(26)43(28-22-21-27-23-24-44-36(27)25-28)35-17-10-16-34-40(35)30-12-2-4-13-31(30)42(34)32-14-5-8-19-38(32)45-39-20-9-6-15-33(39)42/h2-25H,1H3. The van der Waals surface area contributed by atoms with Crippen molar-refractivity contribution in [3.8, 4) is 11.1 Å². The average Bonchev–Trinajstić information content (AvgIpc) is 3.79. The van der Waals surface area contributed by atoms with Crippen LogP contribution < -0.4 is 4.90 Å². The molecule has 0 unspecified atom stereocenters. The topological polar surface area (TPSA) is 16.4 Å². The maximum Gasteiger partial charge on any atom is 0.135 e. The molecule has 0 saturated heterocycles. The highest BCUT2D eigenvalue weighted by atomic mass is 32.2. The maximum atomic E-state index is 5.96. The molecule has 6 aromatic carbocycles. The third-order valence-electron chi connectivity index (χ3n) is 9.81. The molecule has 0 N–H and O–H groups in total. The zero-order valence-electron chi connectivity index (χ0n) is 25.0. The van der Waals surface area contributed by atoms with E-state index in [0.717, 1.165) is 16.7 Å². The van der Waals surface area contributed by atoms with Gasteiger partial charge in [-0.05, 0) is 88.2 Å². The van der Waals surface area contributed by atoms with Gasteiger partial charge in [0.05, 0.1) is 23.1 Å². The lowest BCUT2D eigenvalue weighted by molar-refractivity contribution is 0.616. The third-order valence-corrected chi connectivity index (χ3v) is 12.2. The van der Waals surface area contributed by atoms with Crippen molar-refractivity contribution in [2.75, 3.05) is 4.90 Å². The van der Waals surface area contributed by atoms with Gasteiger partial charge in [0, 0.05) is 31.5 Å². The van der Waals surface area contributed by atoms with Crippen LogP contribution in [0.15, 0.2) is 160 Å². The number of hydrogen-bond donors (Lipinski definition) is 0. The first kappa shape index (κ1) is 26.2. The van der Waals surface area contributed by atoms with Crippen molar-refractivity contribution in [3.05, 3.63) is 174 Å². The minimum absolute atomic E-state index is 0.424. The fourth-order valence-corrected chi connectivity index (χ4v) is 10.3. The highest BCUT2D eigenvalue weighted by Gasteiger charge is 2.51. The molecule has 1 aliphatic carbocycles. The summed E-state index contributed by atoms with van der Waals surface area (Å²) in [5.41, 5.74) is 11.9. The molecule has 0 fully saturated rings. The fourth-order valence-electron chi connectivity index (χ4n) is 7.89. The van der Waals surface area contributed by atoms with Crippen LogP contribution in [0.3, 0.4) is 0 Å². The number of thiophene rings is 1. The highest BCUT2D eigenvalue weighted by Crippen LogP contribution is 2.64. The Kier molecular flexibility index (Phi) is 5.55. The summed E-state index contributed by atoms with van der Waals surface area (Å²) in [4.78, 5) is 5.11. The molecule has 0 bridgehead atoms. The molecule has 1 spiro atoms. The number of fused-ring (bicyclic) bond motifs is 11. The van der Waals surface area contributed by atoms with Gasteiger partial charge in [-0.1, -0.05) is 103 Å². The van der Waals surface area contributed by atoms with Gasteiger partial charge in [0.25, 0.3) is 0 Å². The van der Waals surface area contributed by atoms with Crippen molar-refractivity contribution in [1.29, 1.82) is 0 Å². The van der Waals surface area contributed by atoms with E-state index in [9.17, 15) is 0 Å². The summed E-state index contributed by atoms with van der Waals surface area (Å²) >= 11 is 3.74. The predicted molar refractivity (Wildman–Crippen MR) is 192 cm³/mol. The van der Waals surface area contributed by atoms with Crippen molar-refractivity contribution in [2.24, 2.45) is 0 Å². The van der Waals surface area contributed by atoms with E-state index in [1.807, 2.05) is 29.2 Å². The monoisotopic (exact) mass is 625 g/mol. The lowest BCUT2D eigenvalue weighted by Crippen LogP contribution is -2.32. The molecule has 2 aliphatic rings. The third kappa shape index (κ3) is 3.43. The van der Waals surface area contributed by atoms with Crippen molar-refractivity contribution in [3.63, 3.8) is 0 Å². The van der Waals surface area contributed by atoms with Gasteiger partial charge in [0.1, 0.15) is 10.6 Å². The molecule has 0 saturated carbocycles. The molecule has 3 heterocycles. The number of furan rings is 1. The van der Waals surface area contributed by atoms with Crippen molar-refractivity contribution < 1.29 is 4.42 Å². The van der Waals surface area contributed by atoms with Crippen LogP contribution in [0.25, 0.3) is 32.2 Å². The zero-order valence-corrected chi connectivity index (χ0v) is 26.7. The Balaban J connectivity index is 1.33. The van der Waals surface area contributed by atoms with Gasteiger partial charge >= 0.3 is 0 Å². The van der Waals surface area contributed by atoms with Gasteiger partial charge in [-0.3, -0.25) is 0 Å². The van der Waals surface area contributed by atoms with Gasteiger partial charge in [0.15, 0.2) is 0 Å². The first-order valence-corrected chi connectivity index (χ1v) is 17.2. The lowest BCUT2D eigenvalue weighted by Gasteiger charge is -2.39. The second-order valence-electron chi connectivity index (χ2n) is 12.1. The average molecular weight is 626 g/mol. The molecule has 46 heavy (non-hydrogen) atoms. The number of hydrogen-bond acceptors (Lipinski definition) is 4. The van der Waals surface area contributed by atoms with E-state index < -0.39 is 5.41 Å². The number of anilines is 3. The van der Waals surface area contributed by atoms with Crippen LogP contribution in [0.2, 0.25) is 0 Å². The van der Waals surface area contributed by atoms with Crippen LogP contribution in [0, 0.1) is 6.92 Å². The molecule has 8 aromatic rings. The zero-order chi connectivity index (χ0) is 30.4. The van der Waals surface area contributed by atoms with E-state index in [1.54, 1.807) is 6.26 Å². The largest absolute Gasteiger partial charge is 0.464 e. The molecule has 218 valence electrons. The number of benzene rings is 6. The first-order valence-electron chi connectivity index (χ1n) is 15.6. The molecule has 0 radical (unpaired) electrons. The number of aryl methyl sites for hydroxylation is 1. The summed E-state index contributed by atoms with van der Waals surface area (Å²) in [6.07, 6.45) is 1.78. The molecule has 4 heteroatoms. The first-order chi connectivity index (χ1) is 22.7. The van der Waals surface area contributed by atoms with Crippen LogP contribution in [-0.2, 0) is 5.41 Å². The van der Waals surface area contributed by atoms with Crippen LogP contribution in [0.1, 0.15) is 27.8 Å². The van der Waals surface area contributed by atoms with E-state index in [0.29, 0.717) is 0 Å². The molecule has 2 nitrogen and oxygen atoms in total. The van der Waals surface area contributed by atoms with Crippen LogP contribution in [-0.4, -0.2) is 0 Å². The normalized spacial score (nSPS) is 13.8. The van der Waals surface area contributed by atoms with E-state index >= 15 is 0 Å². The van der Waals surface area contributed by atoms with Crippen molar-refractivity contribution >= 4 is 60.5 Å². The van der Waals surface area contributed by atoms with Crippen molar-refractivity contribution in [1.82, 2.24) is 0 Å². The Morgan fingerprint density at radius 2 is 1.33 bits per heavy atom. The van der Waals surface area contributed by atoms with Gasteiger partial charge in [-0.25, -0.2) is 0 Å². The Bertz CT molecular complexity index is 2460. The Hall–Kier alpha value is -5.03. The lowest BCUT2D eigenvalue weighted by atomic mass is 9.67. The SMILES string of the molecule is Cc1c(N(c2ccc3ccoc3c2)c2cccc3c2-c2ccccc2C32c3ccccc3Sc3ccccc32)sc2ccccc12. The van der Waals surface area contributed by atoms with Gasteiger partial charge in [0.2, 0.25) is 0 Å². The van der Waals surface area contributed by atoms with E-state index in [1.165, 1.54) is 69.5 Å². The minimum Gasteiger partial charge on any atom is -0.464 e. The molecular formula is C42H27NOS2. The Morgan fingerprint density at radius 3 is 2.13 bits per heavy atom. The molecule has 1 aliphatic heterocycles. The summed E-state index contributed by atoms with van der Waals surface area (Å²) in [7, 11) is 0. The predicted octanol–water partition coefficient (Wildman–Crippen LogP) is 12.3. The van der Waals surface area contributed by atoms with E-state index in [2.05, 4.69) is 145 Å². The molecule has 10 rings (SSSR count). The molecule has 2 aromatic heterocycles. The van der Waals surface area contributed by atoms with Crippen LogP contribution >= 0.6 is 23.1 Å². The quantitative estimate of drug-likeness (QED) is 0.194. The van der Waals surface area contributed by atoms with Crippen LogP contribution in [0.5, 0.6) is 0 Å². The summed E-state index contributed by atoms with van der Waals surface area (Å²) < 4.78 is 7.25. The molecule has 0 amide bonds. The second-order valence-corrected chi connectivity index (χ2v) is 14.2. The van der Waals surface area contributed by atoms with Gasteiger partial charge in [-0.15, -0.1) is 11.3 Å². The summed E-state index contributed by atoms with van der Waals surface area (Å²) in [5.74, 6) is 0. The number of nitrogens with zero attached hydrogens (tertiary/aromatic N) is 1. The summed E-state index contributed by atoms with van der Waals surface area (Å²) in [6.45, 7) is 2.26. The summed E-state index contributed by atoms with van der Waals surface area (Å²) in [6, 6.07) is 51.4. The minimum atomic E-state index is -0.424. The van der Waals surface area contributed by atoms with E-state index in [4.69, 9.17) is 4.42 Å². The van der Waals surface area contributed by atoms with Gasteiger partial charge in [-0.2, -0.15) is 0 Å². The number of rotatable bonds is 3.